The maximum atomic E-state index is 13.3. The van der Waals surface area contributed by atoms with Crippen molar-refractivity contribution in [3.05, 3.63) is 74.3 Å². The van der Waals surface area contributed by atoms with Gasteiger partial charge >= 0.3 is 0 Å². The summed E-state index contributed by atoms with van der Waals surface area (Å²) in [7, 11) is 1.60. The third-order valence-electron chi connectivity index (χ3n) is 5.55. The molecule has 1 aromatic carbocycles. The molecular formula is C24H25FN4O4S. The van der Waals surface area contributed by atoms with E-state index in [1.807, 2.05) is 0 Å². The van der Waals surface area contributed by atoms with Gasteiger partial charge in [0.1, 0.15) is 10.8 Å². The molecule has 0 bridgehead atoms. The molecular weight excluding hydrogens is 459 g/mol. The van der Waals surface area contributed by atoms with Crippen LogP contribution >= 0.6 is 11.3 Å². The number of nitrogens with one attached hydrogen (secondary N) is 2. The number of anilines is 1. The van der Waals surface area contributed by atoms with Crippen LogP contribution in [0, 0.1) is 5.82 Å². The lowest BCUT2D eigenvalue weighted by Crippen LogP contribution is -2.29. The van der Waals surface area contributed by atoms with Gasteiger partial charge in [-0.25, -0.2) is 9.07 Å². The van der Waals surface area contributed by atoms with E-state index in [1.54, 1.807) is 7.11 Å². The maximum Gasteiger partial charge on any atom is 0.280 e. The van der Waals surface area contributed by atoms with Crippen molar-refractivity contribution < 1.29 is 18.7 Å². The molecule has 0 saturated carbocycles. The van der Waals surface area contributed by atoms with Crippen molar-refractivity contribution in [2.75, 3.05) is 25.6 Å². The number of nitrogens with zero attached hydrogens (tertiary/aromatic N) is 2. The molecule has 0 atom stereocenters. The predicted molar refractivity (Wildman–Crippen MR) is 128 cm³/mol. The molecule has 4 rings (SSSR count). The second-order valence-corrected chi connectivity index (χ2v) is 9.03. The van der Waals surface area contributed by atoms with Gasteiger partial charge in [-0.1, -0.05) is 0 Å². The summed E-state index contributed by atoms with van der Waals surface area (Å²) < 4.78 is 19.6. The minimum absolute atomic E-state index is 0.254. The zero-order valence-corrected chi connectivity index (χ0v) is 19.5. The fraction of sp³-hybridized carbons (Fsp3) is 0.333. The number of hydrogen-bond donors (Lipinski definition) is 2. The number of amides is 2. The lowest BCUT2D eigenvalue weighted by atomic mass is 9.95. The molecule has 0 fully saturated rings. The Morgan fingerprint density at radius 2 is 1.91 bits per heavy atom. The van der Waals surface area contributed by atoms with Crippen LogP contribution in [0.4, 0.5) is 9.39 Å². The van der Waals surface area contributed by atoms with Crippen molar-refractivity contribution in [1.82, 2.24) is 15.1 Å². The Bertz CT molecular complexity index is 1250. The van der Waals surface area contributed by atoms with E-state index < -0.39 is 17.2 Å². The predicted octanol–water partition coefficient (Wildman–Crippen LogP) is 3.33. The van der Waals surface area contributed by atoms with Crippen LogP contribution in [-0.4, -0.2) is 41.9 Å². The quantitative estimate of drug-likeness (QED) is 0.478. The van der Waals surface area contributed by atoms with Gasteiger partial charge in [0.05, 0.1) is 11.3 Å². The summed E-state index contributed by atoms with van der Waals surface area (Å²) in [5, 5.41) is 10.2. The second kappa shape index (κ2) is 10.7. The van der Waals surface area contributed by atoms with Crippen LogP contribution in [0.5, 0.6) is 0 Å². The summed E-state index contributed by atoms with van der Waals surface area (Å²) in [6.45, 7) is 0.985. The zero-order valence-electron chi connectivity index (χ0n) is 18.7. The number of fused-ring (bicyclic) bond motifs is 1. The van der Waals surface area contributed by atoms with E-state index in [1.165, 1.54) is 52.5 Å². The summed E-state index contributed by atoms with van der Waals surface area (Å²) >= 11 is 1.37. The number of thiophene rings is 1. The minimum Gasteiger partial charge on any atom is -0.385 e. The Labute approximate surface area is 199 Å². The smallest absolute Gasteiger partial charge is 0.280 e. The number of halogens is 1. The van der Waals surface area contributed by atoms with Crippen LogP contribution in [0.3, 0.4) is 0 Å². The molecule has 2 amide bonds. The van der Waals surface area contributed by atoms with Crippen LogP contribution in [0.2, 0.25) is 0 Å². The van der Waals surface area contributed by atoms with E-state index >= 15 is 0 Å². The highest BCUT2D eigenvalue weighted by atomic mass is 32.1. The molecule has 2 aromatic heterocycles. The van der Waals surface area contributed by atoms with Crippen LogP contribution in [0.25, 0.3) is 5.69 Å². The molecule has 2 heterocycles. The fourth-order valence-corrected chi connectivity index (χ4v) is 5.15. The standard InChI is InChI=1S/C24H25FN4O4S/c1-33-14-4-12-26-22(31)20-17-5-2-3-6-19(17)34-24(20)27-23(32)21-18(30)11-13-29(28-21)16-9-7-15(25)8-10-16/h7-11,13H,2-6,12,14H2,1H3,(H,26,31)(H,27,32). The molecule has 0 saturated heterocycles. The highest BCUT2D eigenvalue weighted by Crippen LogP contribution is 2.38. The highest BCUT2D eigenvalue weighted by molar-refractivity contribution is 7.17. The highest BCUT2D eigenvalue weighted by Gasteiger charge is 2.27. The molecule has 178 valence electrons. The SMILES string of the molecule is COCCCNC(=O)c1c(NC(=O)c2nn(-c3ccc(F)cc3)ccc2=O)sc2c1CCCC2. The molecule has 3 aromatic rings. The van der Waals surface area contributed by atoms with Crippen molar-refractivity contribution in [2.24, 2.45) is 0 Å². The van der Waals surface area contributed by atoms with Gasteiger partial charge in [-0.2, -0.15) is 5.10 Å². The number of ether oxygens (including phenoxy) is 1. The Kier molecular flexibility index (Phi) is 7.49. The number of hydrogen-bond acceptors (Lipinski definition) is 6. The van der Waals surface area contributed by atoms with Crippen molar-refractivity contribution in [3.63, 3.8) is 0 Å². The summed E-state index contributed by atoms with van der Waals surface area (Å²) in [5.41, 5.74) is 1.05. The van der Waals surface area contributed by atoms with Gasteiger partial charge in [0.2, 0.25) is 5.43 Å². The minimum atomic E-state index is -0.700. The first kappa shape index (κ1) is 23.8. The normalized spacial score (nSPS) is 12.8. The maximum absolute atomic E-state index is 13.3. The van der Waals surface area contributed by atoms with Crippen molar-refractivity contribution >= 4 is 28.2 Å². The zero-order chi connectivity index (χ0) is 24.1. The van der Waals surface area contributed by atoms with E-state index in [4.69, 9.17) is 4.74 Å². The van der Waals surface area contributed by atoms with Gasteiger partial charge in [0.15, 0.2) is 5.69 Å². The Hall–Kier alpha value is -3.37. The molecule has 34 heavy (non-hydrogen) atoms. The molecule has 0 unspecified atom stereocenters. The van der Waals surface area contributed by atoms with Crippen LogP contribution in [0.1, 0.15) is 50.5 Å². The first-order valence-electron chi connectivity index (χ1n) is 11.1. The lowest BCUT2D eigenvalue weighted by Gasteiger charge is -2.13. The topological polar surface area (TPSA) is 102 Å². The number of carbonyl (C=O) groups is 2. The lowest BCUT2D eigenvalue weighted by molar-refractivity contribution is 0.0948. The Morgan fingerprint density at radius 3 is 2.68 bits per heavy atom. The van der Waals surface area contributed by atoms with Crippen LogP contribution < -0.4 is 16.1 Å². The fourth-order valence-electron chi connectivity index (χ4n) is 3.87. The van der Waals surface area contributed by atoms with Gasteiger partial charge < -0.3 is 15.4 Å². The third kappa shape index (κ3) is 5.23. The third-order valence-corrected chi connectivity index (χ3v) is 6.76. The molecule has 0 spiro atoms. The van der Waals surface area contributed by atoms with Crippen molar-refractivity contribution in [2.45, 2.75) is 32.1 Å². The molecule has 0 aliphatic heterocycles. The number of carbonyl (C=O) groups excluding carboxylic acids is 2. The number of aryl methyl sites for hydroxylation is 1. The first-order chi connectivity index (χ1) is 16.5. The van der Waals surface area contributed by atoms with E-state index in [0.29, 0.717) is 35.8 Å². The molecule has 2 N–H and O–H groups in total. The average Bonchev–Trinajstić information content (AvgIpc) is 3.20. The van der Waals surface area contributed by atoms with Crippen LogP contribution in [0.15, 0.2) is 41.3 Å². The van der Waals surface area contributed by atoms with Gasteiger partial charge in [0.25, 0.3) is 11.8 Å². The second-order valence-electron chi connectivity index (χ2n) is 7.92. The summed E-state index contributed by atoms with van der Waals surface area (Å²) in [4.78, 5) is 39.6. The molecule has 1 aliphatic carbocycles. The molecule has 10 heteroatoms. The molecule has 1 aliphatic rings. The number of aromatic nitrogens is 2. The Morgan fingerprint density at radius 1 is 1.15 bits per heavy atom. The summed E-state index contributed by atoms with van der Waals surface area (Å²) in [5.74, 6) is -1.36. The van der Waals surface area contributed by atoms with E-state index in [-0.39, 0.29) is 11.6 Å². The average molecular weight is 485 g/mol. The number of methoxy groups -OCH3 is 1. The first-order valence-corrected chi connectivity index (χ1v) is 11.9. The van der Waals surface area contributed by atoms with E-state index in [9.17, 15) is 18.8 Å². The van der Waals surface area contributed by atoms with Gasteiger partial charge in [-0.05, 0) is 61.9 Å². The van der Waals surface area contributed by atoms with Gasteiger partial charge in [0, 0.05) is 37.4 Å². The van der Waals surface area contributed by atoms with E-state index in [2.05, 4.69) is 15.7 Å². The van der Waals surface area contributed by atoms with Gasteiger partial charge in [-0.3, -0.25) is 14.4 Å². The van der Waals surface area contributed by atoms with Gasteiger partial charge in [-0.15, -0.1) is 11.3 Å². The van der Waals surface area contributed by atoms with Crippen molar-refractivity contribution in [1.29, 1.82) is 0 Å². The van der Waals surface area contributed by atoms with E-state index in [0.717, 1.165) is 36.1 Å². The number of benzene rings is 1. The molecule has 8 nitrogen and oxygen atoms in total. The Balaban J connectivity index is 1.61. The summed E-state index contributed by atoms with van der Waals surface area (Å²) in [6.07, 6.45) is 5.70. The monoisotopic (exact) mass is 484 g/mol. The molecule has 0 radical (unpaired) electrons. The largest absolute Gasteiger partial charge is 0.385 e. The number of rotatable bonds is 8. The summed E-state index contributed by atoms with van der Waals surface area (Å²) in [6, 6.07) is 6.75. The van der Waals surface area contributed by atoms with Crippen LogP contribution in [-0.2, 0) is 17.6 Å². The van der Waals surface area contributed by atoms with Crippen molar-refractivity contribution in [3.8, 4) is 5.69 Å².